The molecule has 0 bridgehead atoms. The Labute approximate surface area is 133 Å². The number of carbonyl (C=O) groups excluding carboxylic acids is 1. The van der Waals surface area contributed by atoms with Crippen LogP contribution in [0.2, 0.25) is 0 Å². The molecule has 1 heterocycles. The largest absolute Gasteiger partial charge is 0.483 e. The van der Waals surface area contributed by atoms with Gasteiger partial charge >= 0.3 is 6.18 Å². The minimum atomic E-state index is -4.50. The molecule has 1 aromatic carbocycles. The Hall–Kier alpha value is -1.47. The van der Waals surface area contributed by atoms with Gasteiger partial charge in [-0.05, 0) is 19.1 Å². The summed E-state index contributed by atoms with van der Waals surface area (Å²) in [7, 11) is 0. The molecular formula is C14H18ClF3N2O2. The molecule has 0 aliphatic carbocycles. The van der Waals surface area contributed by atoms with Crippen molar-refractivity contribution in [3.8, 4) is 5.75 Å². The summed E-state index contributed by atoms with van der Waals surface area (Å²) < 4.78 is 43.5. The molecule has 1 aliphatic rings. The zero-order valence-corrected chi connectivity index (χ0v) is 12.8. The van der Waals surface area contributed by atoms with E-state index in [9.17, 15) is 18.0 Å². The van der Waals surface area contributed by atoms with Gasteiger partial charge in [0.25, 0.3) is 5.91 Å². The summed E-state index contributed by atoms with van der Waals surface area (Å²) in [6.07, 6.45) is -4.50. The summed E-state index contributed by atoms with van der Waals surface area (Å²) in [6.45, 7) is 3.37. The zero-order valence-electron chi connectivity index (χ0n) is 12.0. The Morgan fingerprint density at radius 3 is 2.73 bits per heavy atom. The van der Waals surface area contributed by atoms with Crippen molar-refractivity contribution in [3.63, 3.8) is 0 Å². The van der Waals surface area contributed by atoms with Crippen LogP contribution in [0, 0.1) is 0 Å². The number of alkyl halides is 3. The third-order valence-corrected chi connectivity index (χ3v) is 3.37. The molecule has 0 aromatic heterocycles. The standard InChI is InChI=1S/C14H17F3N2O2.ClH/c1-10-8-18-6-7-19(10)13(20)9-21-12-5-3-2-4-11(12)14(15,16)17;/h2-5,10,18H,6-9H2,1H3;1H/t10-;/m0./s1. The van der Waals surface area contributed by atoms with E-state index in [0.717, 1.165) is 6.07 Å². The van der Waals surface area contributed by atoms with Crippen LogP contribution in [-0.2, 0) is 11.0 Å². The van der Waals surface area contributed by atoms with E-state index in [4.69, 9.17) is 4.74 Å². The number of para-hydroxylation sites is 1. The van der Waals surface area contributed by atoms with Crippen LogP contribution >= 0.6 is 12.4 Å². The number of ether oxygens (including phenoxy) is 1. The van der Waals surface area contributed by atoms with E-state index < -0.39 is 18.3 Å². The summed E-state index contributed by atoms with van der Waals surface area (Å²) in [6, 6.07) is 4.90. The van der Waals surface area contributed by atoms with Gasteiger partial charge in [0.05, 0.1) is 5.56 Å². The maximum atomic E-state index is 12.8. The van der Waals surface area contributed by atoms with Crippen LogP contribution in [0.5, 0.6) is 5.75 Å². The lowest BCUT2D eigenvalue weighted by atomic mass is 10.2. The quantitative estimate of drug-likeness (QED) is 0.919. The first-order valence-corrected chi connectivity index (χ1v) is 6.69. The van der Waals surface area contributed by atoms with Gasteiger partial charge in [0, 0.05) is 25.7 Å². The molecule has 1 N–H and O–H groups in total. The van der Waals surface area contributed by atoms with Gasteiger partial charge in [-0.1, -0.05) is 12.1 Å². The summed E-state index contributed by atoms with van der Waals surface area (Å²) in [5, 5.41) is 3.14. The van der Waals surface area contributed by atoms with E-state index in [0.29, 0.717) is 19.6 Å². The number of nitrogens with zero attached hydrogens (tertiary/aromatic N) is 1. The second kappa shape index (κ2) is 7.69. The molecule has 1 aromatic rings. The predicted octanol–water partition coefficient (Wildman–Crippen LogP) is 2.33. The number of halogens is 4. The molecule has 0 spiro atoms. The molecule has 0 unspecified atom stereocenters. The average molecular weight is 339 g/mol. The average Bonchev–Trinajstić information content (AvgIpc) is 2.44. The minimum absolute atomic E-state index is 0. The summed E-state index contributed by atoms with van der Waals surface area (Å²) in [4.78, 5) is 13.7. The number of rotatable bonds is 3. The first kappa shape index (κ1) is 18.6. The number of nitrogens with one attached hydrogen (secondary N) is 1. The molecule has 1 fully saturated rings. The lowest BCUT2D eigenvalue weighted by Gasteiger charge is -2.33. The van der Waals surface area contributed by atoms with Crippen LogP contribution < -0.4 is 10.1 Å². The van der Waals surface area contributed by atoms with Crippen molar-refractivity contribution in [2.75, 3.05) is 26.2 Å². The lowest BCUT2D eigenvalue weighted by Crippen LogP contribution is -2.53. The molecule has 0 radical (unpaired) electrons. The fourth-order valence-corrected chi connectivity index (χ4v) is 2.26. The number of benzene rings is 1. The molecule has 2 rings (SSSR count). The third kappa shape index (κ3) is 4.51. The maximum Gasteiger partial charge on any atom is 0.419 e. The van der Waals surface area contributed by atoms with Crippen molar-refractivity contribution in [3.05, 3.63) is 29.8 Å². The molecule has 22 heavy (non-hydrogen) atoms. The Bertz CT molecular complexity index is 511. The van der Waals surface area contributed by atoms with E-state index >= 15 is 0 Å². The highest BCUT2D eigenvalue weighted by Gasteiger charge is 2.34. The fraction of sp³-hybridized carbons (Fsp3) is 0.500. The van der Waals surface area contributed by atoms with Crippen LogP contribution in [0.25, 0.3) is 0 Å². The second-order valence-electron chi connectivity index (χ2n) is 4.92. The molecule has 1 aliphatic heterocycles. The SMILES string of the molecule is C[C@H]1CNCCN1C(=O)COc1ccccc1C(F)(F)F.Cl. The van der Waals surface area contributed by atoms with E-state index in [2.05, 4.69) is 5.32 Å². The van der Waals surface area contributed by atoms with Crippen LogP contribution in [0.15, 0.2) is 24.3 Å². The highest BCUT2D eigenvalue weighted by molar-refractivity contribution is 5.85. The number of piperazine rings is 1. The van der Waals surface area contributed by atoms with Gasteiger partial charge in [0.15, 0.2) is 6.61 Å². The molecular weight excluding hydrogens is 321 g/mol. The van der Waals surface area contributed by atoms with Gasteiger partial charge in [0.1, 0.15) is 5.75 Å². The van der Waals surface area contributed by atoms with Gasteiger partial charge in [-0.25, -0.2) is 0 Å². The topological polar surface area (TPSA) is 41.6 Å². The van der Waals surface area contributed by atoms with Gasteiger partial charge in [-0.3, -0.25) is 4.79 Å². The Kier molecular flexibility index (Phi) is 6.49. The maximum absolute atomic E-state index is 12.8. The van der Waals surface area contributed by atoms with E-state index in [1.165, 1.54) is 18.2 Å². The minimum Gasteiger partial charge on any atom is -0.483 e. The van der Waals surface area contributed by atoms with Crippen LogP contribution in [0.3, 0.4) is 0 Å². The normalized spacial score (nSPS) is 18.5. The van der Waals surface area contributed by atoms with Crippen molar-refractivity contribution in [2.45, 2.75) is 19.1 Å². The molecule has 1 saturated heterocycles. The predicted molar refractivity (Wildman–Crippen MR) is 78.2 cm³/mol. The van der Waals surface area contributed by atoms with E-state index in [1.54, 1.807) is 4.90 Å². The fourth-order valence-electron chi connectivity index (χ4n) is 2.26. The molecule has 8 heteroatoms. The summed E-state index contributed by atoms with van der Waals surface area (Å²) in [5.74, 6) is -0.623. The van der Waals surface area contributed by atoms with Crippen molar-refractivity contribution >= 4 is 18.3 Å². The molecule has 4 nitrogen and oxygen atoms in total. The van der Waals surface area contributed by atoms with Crippen LogP contribution in [-0.4, -0.2) is 43.1 Å². The summed E-state index contributed by atoms with van der Waals surface area (Å²) in [5.41, 5.74) is -0.869. The first-order valence-electron chi connectivity index (χ1n) is 6.69. The molecule has 1 atom stereocenters. The first-order chi connectivity index (χ1) is 9.89. The zero-order chi connectivity index (χ0) is 15.5. The molecule has 1 amide bonds. The Morgan fingerprint density at radius 1 is 1.41 bits per heavy atom. The number of carbonyl (C=O) groups is 1. The van der Waals surface area contributed by atoms with Gasteiger partial charge < -0.3 is 15.0 Å². The molecule has 0 saturated carbocycles. The monoisotopic (exact) mass is 338 g/mol. The van der Waals surface area contributed by atoms with Gasteiger partial charge in [-0.15, -0.1) is 12.4 Å². The van der Waals surface area contributed by atoms with Gasteiger partial charge in [-0.2, -0.15) is 13.2 Å². The van der Waals surface area contributed by atoms with Crippen molar-refractivity contribution in [1.29, 1.82) is 0 Å². The number of hydrogen-bond acceptors (Lipinski definition) is 3. The lowest BCUT2D eigenvalue weighted by molar-refractivity contribution is -0.141. The second-order valence-corrected chi connectivity index (χ2v) is 4.92. The van der Waals surface area contributed by atoms with Crippen molar-refractivity contribution in [1.82, 2.24) is 10.2 Å². The Balaban J connectivity index is 0.00000242. The highest BCUT2D eigenvalue weighted by Crippen LogP contribution is 2.35. The van der Waals surface area contributed by atoms with E-state index in [-0.39, 0.29) is 30.1 Å². The number of hydrogen-bond donors (Lipinski definition) is 1. The highest BCUT2D eigenvalue weighted by atomic mass is 35.5. The van der Waals surface area contributed by atoms with Crippen LogP contribution in [0.1, 0.15) is 12.5 Å². The van der Waals surface area contributed by atoms with Crippen molar-refractivity contribution < 1.29 is 22.7 Å². The Morgan fingerprint density at radius 2 is 2.09 bits per heavy atom. The van der Waals surface area contributed by atoms with Crippen molar-refractivity contribution in [2.24, 2.45) is 0 Å². The number of amides is 1. The third-order valence-electron chi connectivity index (χ3n) is 3.37. The smallest absolute Gasteiger partial charge is 0.419 e. The van der Waals surface area contributed by atoms with E-state index in [1.807, 2.05) is 6.92 Å². The van der Waals surface area contributed by atoms with Gasteiger partial charge in [0.2, 0.25) is 0 Å². The summed E-state index contributed by atoms with van der Waals surface area (Å²) >= 11 is 0. The molecule has 124 valence electrons. The van der Waals surface area contributed by atoms with Crippen LogP contribution in [0.4, 0.5) is 13.2 Å².